The lowest BCUT2D eigenvalue weighted by atomic mass is 9.88. The molecule has 3 fully saturated rings. The first-order valence-corrected chi connectivity index (χ1v) is 22.4. The molecule has 5 N–H and O–H groups in total. The predicted molar refractivity (Wildman–Crippen MR) is 234 cm³/mol. The van der Waals surface area contributed by atoms with Gasteiger partial charge < -0.3 is 45.5 Å². The molecule has 5 amide bonds. The second kappa shape index (κ2) is 24.9. The highest BCUT2D eigenvalue weighted by Gasteiger charge is 2.51. The molecule has 16 heteroatoms. The molecule has 0 aliphatic carbocycles. The number of amides is 5. The number of allylic oxidation sites excluding steroid dienone is 2. The first kappa shape index (κ1) is 49.3. The molecule has 3 aliphatic heterocycles. The number of ether oxygens (including phenoxy) is 4. The molecule has 8 atom stereocenters. The van der Waals surface area contributed by atoms with Crippen LogP contribution in [0.1, 0.15) is 98.0 Å². The van der Waals surface area contributed by atoms with Gasteiger partial charge in [0.05, 0.1) is 61.0 Å². The van der Waals surface area contributed by atoms with Crippen molar-refractivity contribution in [2.24, 2.45) is 5.92 Å². The molecule has 0 radical (unpaired) electrons. The van der Waals surface area contributed by atoms with Gasteiger partial charge in [0.15, 0.2) is 0 Å². The Bertz CT molecular complexity index is 1750. The summed E-state index contributed by atoms with van der Waals surface area (Å²) in [7, 11) is 0. The van der Waals surface area contributed by atoms with Gasteiger partial charge in [0.25, 0.3) is 0 Å². The van der Waals surface area contributed by atoms with Crippen LogP contribution in [0.5, 0.6) is 0 Å². The van der Waals surface area contributed by atoms with Crippen molar-refractivity contribution in [2.45, 2.75) is 141 Å². The Hall–Kier alpha value is -4.38. The van der Waals surface area contributed by atoms with E-state index in [1.165, 1.54) is 13.0 Å². The summed E-state index contributed by atoms with van der Waals surface area (Å²) >= 11 is 3.09. The van der Waals surface area contributed by atoms with Gasteiger partial charge in [-0.25, -0.2) is 0 Å². The van der Waals surface area contributed by atoms with Gasteiger partial charge >= 0.3 is 5.97 Å². The zero-order valence-electron chi connectivity index (χ0n) is 36.1. The third-order valence-corrected chi connectivity index (χ3v) is 11.4. The molecular formula is C45H64BrN5O10. The van der Waals surface area contributed by atoms with Crippen LogP contribution in [0, 0.1) is 5.92 Å². The van der Waals surface area contributed by atoms with Crippen LogP contribution in [0.4, 0.5) is 5.69 Å². The molecule has 3 saturated heterocycles. The number of rotatable bonds is 22. The summed E-state index contributed by atoms with van der Waals surface area (Å²) < 4.78 is 23.6. The topological polar surface area (TPSA) is 203 Å². The minimum Gasteiger partial charge on any atom is -0.459 e. The molecule has 1 aromatic rings. The van der Waals surface area contributed by atoms with Crippen molar-refractivity contribution < 1.29 is 47.7 Å². The molecule has 0 saturated carbocycles. The van der Waals surface area contributed by atoms with E-state index in [-0.39, 0.29) is 89.8 Å². The molecule has 15 nitrogen and oxygen atoms in total. The molecule has 61 heavy (non-hydrogen) atoms. The number of alkyl halides is 1. The zero-order valence-corrected chi connectivity index (χ0v) is 37.7. The number of carbonyl (C=O) groups excluding carboxylic acids is 6. The Morgan fingerprint density at radius 2 is 1.67 bits per heavy atom. The summed E-state index contributed by atoms with van der Waals surface area (Å²) in [5.41, 5.74) is 2.27. The Labute approximate surface area is 368 Å². The number of benzene rings is 1. The van der Waals surface area contributed by atoms with Crippen molar-refractivity contribution in [3.8, 4) is 0 Å². The first-order valence-electron chi connectivity index (χ1n) is 21.3. The highest BCUT2D eigenvalue weighted by molar-refractivity contribution is 9.09. The average molecular weight is 915 g/mol. The summed E-state index contributed by atoms with van der Waals surface area (Å²) in [5, 5.41) is 14.4. The van der Waals surface area contributed by atoms with Crippen LogP contribution in [0.25, 0.3) is 0 Å². The molecule has 0 bridgehead atoms. The van der Waals surface area contributed by atoms with Crippen LogP contribution >= 0.6 is 15.9 Å². The highest BCUT2D eigenvalue weighted by Crippen LogP contribution is 2.43. The summed E-state index contributed by atoms with van der Waals surface area (Å²) in [6.07, 6.45) is 13.7. The van der Waals surface area contributed by atoms with E-state index in [2.05, 4.69) is 61.6 Å². The van der Waals surface area contributed by atoms with E-state index in [0.717, 1.165) is 43.2 Å². The van der Waals surface area contributed by atoms with Gasteiger partial charge in [-0.3, -0.25) is 28.8 Å². The number of hydrogen-bond acceptors (Lipinski definition) is 10. The number of epoxide rings is 1. The maximum Gasteiger partial charge on any atom is 0.303 e. The Morgan fingerprint density at radius 3 is 2.38 bits per heavy atom. The number of esters is 1. The second-order valence-corrected chi connectivity index (χ2v) is 17.0. The Kier molecular flexibility index (Phi) is 20.1. The standard InChI is InChI=1S/C45H64BrN5O10/c1-29(11-18-39-30(2)21-38(32(4)60-39)51-41(54)19-12-31(3)59-33(5)52)10-17-36-23-45(28-58-45)24-37(61-36)22-42(55)48-26-34-13-15-35(16-14-34)50-44(57)27-49-40(53)9-7-6-8-20-47-43(56)25-46/h10-17,19,30-32,36-39H,6-9,18,20-28H2,1-5H3,(H,47,56)(H,48,55)(H,49,53)(H,50,57)(H,51,54). The van der Waals surface area contributed by atoms with Crippen molar-refractivity contribution >= 4 is 57.1 Å². The smallest absolute Gasteiger partial charge is 0.303 e. The fraction of sp³-hybridized carbons (Fsp3) is 0.600. The molecular weight excluding hydrogens is 850 g/mol. The van der Waals surface area contributed by atoms with Crippen LogP contribution in [0.3, 0.4) is 0 Å². The number of nitrogens with one attached hydrogen (secondary N) is 5. The van der Waals surface area contributed by atoms with E-state index in [0.29, 0.717) is 44.6 Å². The van der Waals surface area contributed by atoms with Crippen molar-refractivity contribution in [1.82, 2.24) is 21.3 Å². The molecule has 3 aliphatic rings. The number of carbonyl (C=O) groups is 6. The lowest BCUT2D eigenvalue weighted by molar-refractivity contribution is -0.143. The summed E-state index contributed by atoms with van der Waals surface area (Å²) in [5.74, 6) is -1.16. The SMILES string of the molecule is CC(=O)OC(C)C=CC(=O)NC1CC(C)C(CC=C(C)C=CC2CC3(CO3)CC(CC(=O)NCc3ccc(NC(=O)CNC(=O)CCCCCNC(=O)CBr)cc3)O2)OC1C. The van der Waals surface area contributed by atoms with Gasteiger partial charge in [0.1, 0.15) is 6.10 Å². The van der Waals surface area contributed by atoms with Crippen LogP contribution in [-0.4, -0.2) is 103 Å². The number of anilines is 1. The lowest BCUT2D eigenvalue weighted by Gasteiger charge is -2.39. The first-order chi connectivity index (χ1) is 29.1. The van der Waals surface area contributed by atoms with Crippen molar-refractivity contribution in [3.63, 3.8) is 0 Å². The molecule has 3 heterocycles. The number of unbranched alkanes of at least 4 members (excludes halogenated alkanes) is 2. The van der Waals surface area contributed by atoms with Gasteiger partial charge in [-0.05, 0) is 76.1 Å². The maximum absolute atomic E-state index is 13.0. The summed E-state index contributed by atoms with van der Waals surface area (Å²) in [4.78, 5) is 72.3. The Morgan fingerprint density at radius 1 is 0.918 bits per heavy atom. The van der Waals surface area contributed by atoms with E-state index in [1.807, 2.05) is 32.1 Å². The van der Waals surface area contributed by atoms with E-state index >= 15 is 0 Å². The van der Waals surface area contributed by atoms with Crippen LogP contribution < -0.4 is 26.6 Å². The molecule has 4 rings (SSSR count). The third-order valence-electron chi connectivity index (χ3n) is 10.9. The molecule has 0 aromatic heterocycles. The second-order valence-electron chi connectivity index (χ2n) is 16.4. The van der Waals surface area contributed by atoms with Crippen LogP contribution in [0.2, 0.25) is 0 Å². The van der Waals surface area contributed by atoms with Crippen molar-refractivity contribution in [1.29, 1.82) is 0 Å². The van der Waals surface area contributed by atoms with Gasteiger partial charge in [-0.15, -0.1) is 0 Å². The quantitative estimate of drug-likeness (QED) is 0.0268. The normalized spacial score (nSPS) is 25.4. The predicted octanol–water partition coefficient (Wildman–Crippen LogP) is 4.83. The van der Waals surface area contributed by atoms with Gasteiger partial charge in [0, 0.05) is 51.0 Å². The molecule has 336 valence electrons. The maximum atomic E-state index is 13.0. The molecule has 1 spiro atoms. The molecule has 8 unspecified atom stereocenters. The van der Waals surface area contributed by atoms with Crippen LogP contribution in [0.15, 0.2) is 60.2 Å². The number of halogens is 1. The van der Waals surface area contributed by atoms with E-state index < -0.39 is 12.1 Å². The van der Waals surface area contributed by atoms with Gasteiger partial charge in [-0.1, -0.05) is 65.2 Å². The Balaban J connectivity index is 1.13. The summed E-state index contributed by atoms with van der Waals surface area (Å²) in [6.45, 7) is 10.6. The van der Waals surface area contributed by atoms with E-state index in [4.69, 9.17) is 18.9 Å². The third kappa shape index (κ3) is 18.6. The van der Waals surface area contributed by atoms with Gasteiger partial charge in [0.2, 0.25) is 29.5 Å². The lowest BCUT2D eigenvalue weighted by Crippen LogP contribution is -2.50. The fourth-order valence-corrected chi connectivity index (χ4v) is 7.60. The number of hydrogen-bond donors (Lipinski definition) is 5. The highest BCUT2D eigenvalue weighted by atomic mass is 79.9. The van der Waals surface area contributed by atoms with Crippen molar-refractivity contribution in [3.05, 3.63) is 65.8 Å². The fourth-order valence-electron chi connectivity index (χ4n) is 7.40. The minimum absolute atomic E-state index is 0.00670. The van der Waals surface area contributed by atoms with E-state index in [1.54, 1.807) is 25.1 Å². The zero-order chi connectivity index (χ0) is 44.4. The van der Waals surface area contributed by atoms with Crippen LogP contribution in [-0.2, 0) is 54.3 Å². The monoisotopic (exact) mass is 913 g/mol. The summed E-state index contributed by atoms with van der Waals surface area (Å²) in [6, 6.07) is 7.02. The van der Waals surface area contributed by atoms with E-state index in [9.17, 15) is 28.8 Å². The van der Waals surface area contributed by atoms with Gasteiger partial charge in [-0.2, -0.15) is 0 Å². The van der Waals surface area contributed by atoms with Crippen molar-refractivity contribution in [2.75, 3.05) is 30.3 Å². The minimum atomic E-state index is -0.485. The average Bonchev–Trinajstić information content (AvgIpc) is 3.96. The largest absolute Gasteiger partial charge is 0.459 e. The molecule has 1 aromatic carbocycles.